The maximum atomic E-state index is 5.90. The first-order valence-corrected chi connectivity index (χ1v) is 6.17. The second kappa shape index (κ2) is 6.89. The quantitative estimate of drug-likeness (QED) is 0.823. The Labute approximate surface area is 104 Å². The van der Waals surface area contributed by atoms with Crippen molar-refractivity contribution in [3.8, 4) is 0 Å². The zero-order valence-electron chi connectivity index (χ0n) is 10.3. The Bertz CT molecular complexity index is 297. The lowest BCUT2D eigenvalue weighted by Crippen LogP contribution is -2.30. The van der Waals surface area contributed by atoms with Crippen LogP contribution in [0.4, 0.5) is 0 Å². The summed E-state index contributed by atoms with van der Waals surface area (Å²) in [5.41, 5.74) is 1.34. The van der Waals surface area contributed by atoms with Gasteiger partial charge < -0.3 is 5.32 Å². The number of rotatable bonds is 6. The summed E-state index contributed by atoms with van der Waals surface area (Å²) in [6.07, 6.45) is 1.11. The molecule has 1 unspecified atom stereocenters. The molecule has 0 radical (unpaired) electrons. The highest BCUT2D eigenvalue weighted by Gasteiger charge is 2.13. The van der Waals surface area contributed by atoms with Crippen LogP contribution in [-0.4, -0.2) is 32.1 Å². The molecule has 90 valence electrons. The van der Waals surface area contributed by atoms with Gasteiger partial charge in [-0.15, -0.1) is 0 Å². The second-order valence-corrected chi connectivity index (χ2v) is 4.50. The smallest absolute Gasteiger partial charge is 0.0406 e. The van der Waals surface area contributed by atoms with Gasteiger partial charge in [0.25, 0.3) is 0 Å². The average Bonchev–Trinajstić information content (AvgIpc) is 2.30. The van der Waals surface area contributed by atoms with Crippen molar-refractivity contribution in [2.45, 2.75) is 19.4 Å². The molecule has 0 heterocycles. The summed E-state index contributed by atoms with van der Waals surface area (Å²) in [6, 6.07) is 8.64. The molecule has 0 aliphatic rings. The minimum atomic E-state index is 0.477. The van der Waals surface area contributed by atoms with Crippen LogP contribution < -0.4 is 5.32 Å². The zero-order valence-corrected chi connectivity index (χ0v) is 11.1. The maximum Gasteiger partial charge on any atom is 0.0406 e. The van der Waals surface area contributed by atoms with Gasteiger partial charge in [-0.1, -0.05) is 30.7 Å². The summed E-state index contributed by atoms with van der Waals surface area (Å²) in [5.74, 6) is 0. The normalized spacial score (nSPS) is 13.1. The summed E-state index contributed by atoms with van der Waals surface area (Å²) >= 11 is 5.90. The van der Waals surface area contributed by atoms with Crippen molar-refractivity contribution in [2.75, 3.05) is 27.2 Å². The van der Waals surface area contributed by atoms with Crippen molar-refractivity contribution in [1.29, 1.82) is 0 Å². The molecule has 0 saturated carbocycles. The first-order valence-electron chi connectivity index (χ1n) is 5.79. The van der Waals surface area contributed by atoms with Gasteiger partial charge in [0.15, 0.2) is 0 Å². The van der Waals surface area contributed by atoms with E-state index < -0.39 is 0 Å². The Kier molecular flexibility index (Phi) is 5.81. The van der Waals surface area contributed by atoms with Crippen molar-refractivity contribution in [2.24, 2.45) is 0 Å². The molecular formula is C13H21ClN2. The Morgan fingerprint density at radius 2 is 1.94 bits per heavy atom. The summed E-state index contributed by atoms with van der Waals surface area (Å²) < 4.78 is 0. The molecule has 1 N–H and O–H groups in total. The van der Waals surface area contributed by atoms with E-state index in [-0.39, 0.29) is 0 Å². The van der Waals surface area contributed by atoms with Gasteiger partial charge in [-0.3, -0.25) is 4.90 Å². The minimum Gasteiger partial charge on any atom is -0.318 e. The molecule has 1 aromatic carbocycles. The molecule has 0 aliphatic carbocycles. The van der Waals surface area contributed by atoms with E-state index >= 15 is 0 Å². The van der Waals surface area contributed by atoms with E-state index in [1.54, 1.807) is 0 Å². The fourth-order valence-electron chi connectivity index (χ4n) is 1.93. The van der Waals surface area contributed by atoms with E-state index in [0.717, 1.165) is 24.5 Å². The third-order valence-corrected chi connectivity index (χ3v) is 3.14. The van der Waals surface area contributed by atoms with Gasteiger partial charge in [0.2, 0.25) is 0 Å². The average molecular weight is 241 g/mol. The number of nitrogens with zero attached hydrogens (tertiary/aromatic N) is 1. The molecule has 0 bridgehead atoms. The first-order chi connectivity index (χ1) is 7.69. The van der Waals surface area contributed by atoms with E-state index in [1.807, 2.05) is 19.2 Å². The lowest BCUT2D eigenvalue weighted by Gasteiger charge is -2.27. The van der Waals surface area contributed by atoms with Crippen LogP contribution in [0.2, 0.25) is 5.02 Å². The number of benzene rings is 1. The molecule has 1 atom stereocenters. The standard InChI is InChI=1S/C13H21ClN2/c1-4-13(16(3)10-9-15-2)11-5-7-12(14)8-6-11/h5-8,13,15H,4,9-10H2,1-3H3. The number of hydrogen-bond donors (Lipinski definition) is 1. The molecule has 0 aromatic heterocycles. The van der Waals surface area contributed by atoms with E-state index in [2.05, 4.69) is 36.3 Å². The Balaban J connectivity index is 2.69. The highest BCUT2D eigenvalue weighted by atomic mass is 35.5. The maximum absolute atomic E-state index is 5.90. The minimum absolute atomic E-state index is 0.477. The van der Waals surface area contributed by atoms with E-state index in [4.69, 9.17) is 11.6 Å². The van der Waals surface area contributed by atoms with Gasteiger partial charge in [0.1, 0.15) is 0 Å². The fourth-order valence-corrected chi connectivity index (χ4v) is 2.06. The third kappa shape index (κ3) is 3.78. The number of halogens is 1. The molecule has 2 nitrogen and oxygen atoms in total. The molecular weight excluding hydrogens is 220 g/mol. The topological polar surface area (TPSA) is 15.3 Å². The van der Waals surface area contributed by atoms with E-state index in [1.165, 1.54) is 5.56 Å². The van der Waals surface area contributed by atoms with Crippen molar-refractivity contribution in [1.82, 2.24) is 10.2 Å². The van der Waals surface area contributed by atoms with Gasteiger partial charge in [0.05, 0.1) is 0 Å². The lowest BCUT2D eigenvalue weighted by atomic mass is 10.0. The van der Waals surface area contributed by atoms with Gasteiger partial charge in [-0.2, -0.15) is 0 Å². The molecule has 0 fully saturated rings. The number of hydrogen-bond acceptors (Lipinski definition) is 2. The number of nitrogens with one attached hydrogen (secondary N) is 1. The summed E-state index contributed by atoms with van der Waals surface area (Å²) in [5, 5.41) is 3.98. The van der Waals surface area contributed by atoms with E-state index in [0.29, 0.717) is 6.04 Å². The van der Waals surface area contributed by atoms with Crippen LogP contribution in [0, 0.1) is 0 Å². The molecule has 0 amide bonds. The third-order valence-electron chi connectivity index (χ3n) is 2.89. The van der Waals surface area contributed by atoms with Crippen LogP contribution in [0.1, 0.15) is 24.9 Å². The summed E-state index contributed by atoms with van der Waals surface area (Å²) in [7, 11) is 4.15. The fraction of sp³-hybridized carbons (Fsp3) is 0.538. The Morgan fingerprint density at radius 3 is 2.44 bits per heavy atom. The Morgan fingerprint density at radius 1 is 1.31 bits per heavy atom. The lowest BCUT2D eigenvalue weighted by molar-refractivity contribution is 0.240. The summed E-state index contributed by atoms with van der Waals surface area (Å²) in [4.78, 5) is 2.37. The summed E-state index contributed by atoms with van der Waals surface area (Å²) in [6.45, 7) is 4.29. The number of likely N-dealkylation sites (N-methyl/N-ethyl adjacent to an activating group) is 2. The predicted octanol–water partition coefficient (Wildman–Crippen LogP) is 2.94. The van der Waals surface area contributed by atoms with Crippen LogP contribution in [0.15, 0.2) is 24.3 Å². The van der Waals surface area contributed by atoms with Crippen molar-refractivity contribution >= 4 is 11.6 Å². The Hall–Kier alpha value is -0.570. The molecule has 16 heavy (non-hydrogen) atoms. The van der Waals surface area contributed by atoms with Crippen LogP contribution in [-0.2, 0) is 0 Å². The van der Waals surface area contributed by atoms with Crippen LogP contribution in [0.3, 0.4) is 0 Å². The first kappa shape index (κ1) is 13.5. The SMILES string of the molecule is CCC(c1ccc(Cl)cc1)N(C)CCNC. The van der Waals surface area contributed by atoms with Gasteiger partial charge in [-0.25, -0.2) is 0 Å². The van der Waals surface area contributed by atoms with Crippen LogP contribution in [0.5, 0.6) is 0 Å². The largest absolute Gasteiger partial charge is 0.318 e. The molecule has 3 heteroatoms. The van der Waals surface area contributed by atoms with Crippen molar-refractivity contribution < 1.29 is 0 Å². The van der Waals surface area contributed by atoms with Crippen LogP contribution in [0.25, 0.3) is 0 Å². The monoisotopic (exact) mass is 240 g/mol. The molecule has 1 aromatic rings. The molecule has 0 aliphatic heterocycles. The highest BCUT2D eigenvalue weighted by molar-refractivity contribution is 6.30. The van der Waals surface area contributed by atoms with Gasteiger partial charge in [-0.05, 0) is 38.2 Å². The van der Waals surface area contributed by atoms with Gasteiger partial charge in [0, 0.05) is 24.2 Å². The molecule has 1 rings (SSSR count). The van der Waals surface area contributed by atoms with Crippen molar-refractivity contribution in [3.05, 3.63) is 34.9 Å². The van der Waals surface area contributed by atoms with Crippen molar-refractivity contribution in [3.63, 3.8) is 0 Å². The molecule has 0 spiro atoms. The van der Waals surface area contributed by atoms with Crippen LogP contribution >= 0.6 is 11.6 Å². The van der Waals surface area contributed by atoms with E-state index in [9.17, 15) is 0 Å². The van der Waals surface area contributed by atoms with Gasteiger partial charge >= 0.3 is 0 Å². The zero-order chi connectivity index (χ0) is 12.0. The second-order valence-electron chi connectivity index (χ2n) is 4.06. The predicted molar refractivity (Wildman–Crippen MR) is 71.0 cm³/mol. The highest BCUT2D eigenvalue weighted by Crippen LogP contribution is 2.23. The molecule has 0 saturated heterocycles.